The molecule has 2 aromatic carbocycles. The highest BCUT2D eigenvalue weighted by Crippen LogP contribution is 2.63. The van der Waals surface area contributed by atoms with Gasteiger partial charge in [-0.3, -0.25) is 8.80 Å². The maximum absolute atomic E-state index is 8.20. The van der Waals surface area contributed by atoms with Crippen LogP contribution in [0.5, 0.6) is 0 Å². The first kappa shape index (κ1) is 37.4. The van der Waals surface area contributed by atoms with E-state index in [1.54, 1.807) is 0 Å². The van der Waals surface area contributed by atoms with Crippen LogP contribution < -0.4 is 5.32 Å². The summed E-state index contributed by atoms with van der Waals surface area (Å²) in [6, 6.07) is 17.5. The Balaban J connectivity index is 1.08. The van der Waals surface area contributed by atoms with Crippen LogP contribution in [0.25, 0.3) is 10.8 Å². The van der Waals surface area contributed by atoms with Crippen LogP contribution in [-0.4, -0.2) is 60.1 Å². The highest BCUT2D eigenvalue weighted by atomic mass is 28.4. The Morgan fingerprint density at radius 2 is 1.25 bits per heavy atom. The van der Waals surface area contributed by atoms with E-state index < -0.39 is 15.0 Å². The van der Waals surface area contributed by atoms with E-state index in [4.69, 9.17) is 33.8 Å². The quantitative estimate of drug-likeness (QED) is 0.250. The molecule has 0 spiro atoms. The summed E-state index contributed by atoms with van der Waals surface area (Å²) in [4.78, 5) is 28.0. The number of allylic oxidation sites excluding steroid dienone is 2. The molecule has 8 aliphatic carbocycles. The second-order valence-corrected chi connectivity index (χ2v) is 24.1. The lowest BCUT2D eigenvalue weighted by molar-refractivity contribution is -0.125. The summed E-state index contributed by atoms with van der Waals surface area (Å²) in [7, 11) is -4.07. The van der Waals surface area contributed by atoms with E-state index >= 15 is 0 Å². The van der Waals surface area contributed by atoms with Gasteiger partial charge in [0.2, 0.25) is 0 Å². The molecule has 63 heavy (non-hydrogen) atoms. The Labute approximate surface area is 370 Å². The number of fused-ring (bicyclic) bond motifs is 16. The summed E-state index contributed by atoms with van der Waals surface area (Å²) >= 11 is 0. The van der Waals surface area contributed by atoms with Crippen LogP contribution in [0.3, 0.4) is 0 Å². The van der Waals surface area contributed by atoms with Crippen LogP contribution in [-0.2, 0) is 8.85 Å². The lowest BCUT2D eigenvalue weighted by Gasteiger charge is -2.61. The van der Waals surface area contributed by atoms with E-state index in [1.165, 1.54) is 44.1 Å². The molecule has 320 valence electrons. The third-order valence-electron chi connectivity index (χ3n) is 18.1. The Bertz CT molecular complexity index is 2820. The van der Waals surface area contributed by atoms with Crippen LogP contribution >= 0.6 is 0 Å². The highest BCUT2D eigenvalue weighted by molar-refractivity contribution is 6.68. The lowest BCUT2D eigenvalue weighted by Crippen LogP contribution is -2.68. The molecule has 0 amide bonds. The summed E-state index contributed by atoms with van der Waals surface area (Å²) in [6.07, 6.45) is 19.6. The van der Waals surface area contributed by atoms with Gasteiger partial charge in [-0.1, -0.05) is 101 Å². The van der Waals surface area contributed by atoms with Crippen molar-refractivity contribution in [1.82, 2.24) is 14.1 Å². The molecule has 3 aromatic rings. The van der Waals surface area contributed by atoms with Crippen LogP contribution in [0, 0.1) is 46.3 Å². The van der Waals surface area contributed by atoms with E-state index in [2.05, 4.69) is 115 Å². The molecule has 1 aromatic heterocycles. The summed E-state index contributed by atoms with van der Waals surface area (Å²) < 4.78 is 21.3. The zero-order valence-electron chi connectivity index (χ0n) is 36.9. The third kappa shape index (κ3) is 5.04. The number of aliphatic imine (C=N–C) groups is 5. The van der Waals surface area contributed by atoms with E-state index in [0.29, 0.717) is 53.6 Å². The Morgan fingerprint density at radius 3 is 1.90 bits per heavy atom. The SMILES string of the molecule is CC1(C)C2CCC(CO[Si]3(OCC4CCC5CC4C5(C)C)N4/C5=N\C6=NC(=N\c7c8ccccc8c(n73)/N=C3\N=C(NC4c4ccccc45)C4=C3C=CCC4)/C3=C6C=CCC3)C1C2. The van der Waals surface area contributed by atoms with Gasteiger partial charge in [0, 0.05) is 57.4 Å². The Kier molecular flexibility index (Phi) is 7.76. The van der Waals surface area contributed by atoms with Crippen molar-refractivity contribution in [2.24, 2.45) is 71.3 Å². The molecule has 7 unspecified atom stereocenters. The number of aromatic nitrogens is 1. The van der Waals surface area contributed by atoms with E-state index in [9.17, 15) is 0 Å². The minimum absolute atomic E-state index is 0.301. The number of rotatable bonds is 6. The molecule has 16 rings (SSSR count). The molecule has 6 fully saturated rings. The van der Waals surface area contributed by atoms with E-state index in [1.807, 2.05) is 0 Å². The van der Waals surface area contributed by atoms with Crippen molar-refractivity contribution in [3.05, 3.63) is 106 Å². The van der Waals surface area contributed by atoms with Crippen LogP contribution in [0.15, 0.2) is 120 Å². The largest absolute Gasteiger partial charge is 0.599 e. The molecule has 1 N–H and O–H groups in total. The Hall–Kier alpha value is -4.97. The summed E-state index contributed by atoms with van der Waals surface area (Å²) in [5.74, 6) is 9.07. The highest BCUT2D eigenvalue weighted by Gasteiger charge is 2.64. The van der Waals surface area contributed by atoms with Crippen LogP contribution in [0.4, 0.5) is 11.6 Å². The summed E-state index contributed by atoms with van der Waals surface area (Å²) in [5.41, 5.74) is 7.30. The minimum atomic E-state index is -4.07. The predicted octanol–water partition coefficient (Wildman–Crippen LogP) is 10.7. The number of amidine groups is 5. The molecular weight excluding hydrogens is 797 g/mol. The van der Waals surface area contributed by atoms with Gasteiger partial charge in [0.05, 0.1) is 0 Å². The van der Waals surface area contributed by atoms with Gasteiger partial charge in [0.25, 0.3) is 0 Å². The van der Waals surface area contributed by atoms with Crippen molar-refractivity contribution in [3.8, 4) is 0 Å². The second-order valence-electron chi connectivity index (χ2n) is 21.5. The van der Waals surface area contributed by atoms with E-state index in [0.717, 1.165) is 111 Å². The lowest BCUT2D eigenvalue weighted by atomic mass is 9.46. The first-order valence-electron chi connectivity index (χ1n) is 24.0. The van der Waals surface area contributed by atoms with Gasteiger partial charge in [-0.25, -0.2) is 25.0 Å². The van der Waals surface area contributed by atoms with E-state index in [-0.39, 0.29) is 0 Å². The maximum Gasteiger partial charge on any atom is 0.599 e. The first-order chi connectivity index (χ1) is 30.7. The number of hydrogen-bond donors (Lipinski definition) is 1. The van der Waals surface area contributed by atoms with Gasteiger partial charge in [-0.15, -0.1) is 0 Å². The number of nitrogens with one attached hydrogen (secondary N) is 1. The molecule has 10 bridgehead atoms. The van der Waals surface area contributed by atoms with Crippen LogP contribution in [0.1, 0.15) is 109 Å². The molecular formula is C52H56N8O2Si. The number of hydrogen-bond acceptors (Lipinski definition) is 9. The van der Waals surface area contributed by atoms with Gasteiger partial charge in [0.15, 0.2) is 17.5 Å². The molecule has 7 atom stereocenters. The van der Waals surface area contributed by atoms with Crippen molar-refractivity contribution >= 4 is 60.5 Å². The molecule has 5 aliphatic heterocycles. The van der Waals surface area contributed by atoms with Crippen molar-refractivity contribution in [3.63, 3.8) is 0 Å². The molecule has 10 nitrogen and oxygen atoms in total. The molecule has 0 saturated heterocycles. The molecule has 0 radical (unpaired) electrons. The molecule has 6 saturated carbocycles. The van der Waals surface area contributed by atoms with Crippen LogP contribution in [0.2, 0.25) is 0 Å². The maximum atomic E-state index is 8.20. The van der Waals surface area contributed by atoms with Crippen molar-refractivity contribution in [2.75, 3.05) is 13.2 Å². The zero-order chi connectivity index (χ0) is 42.0. The van der Waals surface area contributed by atoms with Gasteiger partial charge in [-0.2, -0.15) is 0 Å². The van der Waals surface area contributed by atoms with Gasteiger partial charge in [0.1, 0.15) is 29.5 Å². The third-order valence-corrected chi connectivity index (χ3v) is 21.2. The fourth-order valence-corrected chi connectivity index (χ4v) is 17.8. The predicted molar refractivity (Wildman–Crippen MR) is 252 cm³/mol. The van der Waals surface area contributed by atoms with Gasteiger partial charge in [-0.05, 0) is 111 Å². The first-order valence-corrected chi connectivity index (χ1v) is 25.7. The number of benzene rings is 2. The molecule has 13 aliphatic rings. The fourth-order valence-electron chi connectivity index (χ4n) is 14.3. The smallest absolute Gasteiger partial charge is 0.361 e. The monoisotopic (exact) mass is 852 g/mol. The number of nitrogens with zero attached hydrogens (tertiary/aromatic N) is 7. The fraction of sp³-hybridized carbons (Fsp3) is 0.481. The minimum Gasteiger partial charge on any atom is -0.361 e. The zero-order valence-corrected chi connectivity index (χ0v) is 37.9. The van der Waals surface area contributed by atoms with Crippen molar-refractivity contribution in [1.29, 1.82) is 0 Å². The Morgan fingerprint density at radius 1 is 0.667 bits per heavy atom. The normalized spacial score (nSPS) is 36.6. The molecule has 11 heteroatoms. The average Bonchev–Trinajstić information content (AvgIpc) is 4.03. The average molecular weight is 853 g/mol. The topological polar surface area (TPSA) is 100 Å². The van der Waals surface area contributed by atoms with Crippen molar-refractivity contribution in [2.45, 2.75) is 98.1 Å². The summed E-state index contributed by atoms with van der Waals surface area (Å²) in [5, 5.41) is 6.14. The summed E-state index contributed by atoms with van der Waals surface area (Å²) in [6.45, 7) is 11.2. The molecule has 6 heterocycles. The second kappa shape index (κ2) is 13.1. The standard InChI is InChI=1S/C52H56N8O2Si/c1-51(2)31-23-21-29(41(51)25-31)27-61-63(62-28-30-22-24-32-26-42(30)52(32,3)4)59-47-37-17-9-10-18-38(37)49(59)57-45-35-15-7-8-16-36(35)46(54-45)58-50-40-20-12-11-19-39(40)48(60(50)63)56-44-34-14-6-5-13-33(34)43(53-44)55-47/h5,8-13,16-20,29-32,41-42,48H,6-7,14-15,21-28H2,1-4H3,(H,53,55,56)/b57-45-,58-50-. The van der Waals surface area contributed by atoms with Gasteiger partial charge < -0.3 is 14.2 Å². The van der Waals surface area contributed by atoms with Gasteiger partial charge >= 0.3 is 8.88 Å². The van der Waals surface area contributed by atoms with Crippen molar-refractivity contribution < 1.29 is 8.85 Å².